The minimum Gasteiger partial charge on any atom is -0.396 e. The molecule has 0 radical (unpaired) electrons. The number of aliphatic hydroxyl groups is 1. The zero-order valence-corrected chi connectivity index (χ0v) is 10.7. The van der Waals surface area contributed by atoms with Crippen LogP contribution in [0.15, 0.2) is 24.3 Å². The minimum absolute atomic E-state index is 0.275. The normalized spacial score (nSPS) is 16.8. The first kappa shape index (κ1) is 12.4. The Balaban J connectivity index is 1.94. The number of hydrogen-bond acceptors (Lipinski definition) is 2. The third kappa shape index (κ3) is 3.74. The van der Waals surface area contributed by atoms with Gasteiger partial charge in [0.1, 0.15) is 0 Å². The Hall–Kier alpha value is -1.02. The number of hydrogen-bond donors (Lipinski definition) is 2. The molecule has 0 amide bonds. The van der Waals surface area contributed by atoms with Crippen molar-refractivity contribution in [1.29, 1.82) is 0 Å². The van der Waals surface area contributed by atoms with Crippen LogP contribution in [0.4, 0.5) is 5.69 Å². The molecule has 94 valence electrons. The summed E-state index contributed by atoms with van der Waals surface area (Å²) in [6, 6.07) is 9.25. The van der Waals surface area contributed by atoms with Crippen molar-refractivity contribution in [2.75, 3.05) is 11.9 Å². The van der Waals surface area contributed by atoms with Crippen LogP contribution in [0.1, 0.15) is 38.2 Å². The first-order chi connectivity index (χ1) is 8.33. The van der Waals surface area contributed by atoms with Gasteiger partial charge in [0, 0.05) is 18.3 Å². The van der Waals surface area contributed by atoms with Crippen molar-refractivity contribution >= 4 is 5.69 Å². The van der Waals surface area contributed by atoms with Gasteiger partial charge in [0.15, 0.2) is 0 Å². The number of aryl methyl sites for hydroxylation is 1. The summed E-state index contributed by atoms with van der Waals surface area (Å²) in [6.45, 7) is 2.53. The second kappa shape index (κ2) is 6.06. The van der Waals surface area contributed by atoms with Gasteiger partial charge in [-0.1, -0.05) is 19.1 Å². The van der Waals surface area contributed by atoms with Crippen molar-refractivity contribution in [3.05, 3.63) is 29.8 Å². The van der Waals surface area contributed by atoms with Crippen LogP contribution in [0, 0.1) is 5.92 Å². The van der Waals surface area contributed by atoms with Crippen LogP contribution in [0.25, 0.3) is 0 Å². The molecule has 1 atom stereocenters. The average molecular weight is 233 g/mol. The Bertz CT molecular complexity index is 347. The molecule has 1 fully saturated rings. The molecule has 2 N–H and O–H groups in total. The molecule has 1 aliphatic carbocycles. The summed E-state index contributed by atoms with van der Waals surface area (Å²) < 4.78 is 0. The molecule has 1 unspecified atom stereocenters. The molecule has 2 nitrogen and oxygen atoms in total. The molecule has 0 saturated heterocycles. The Morgan fingerprint density at radius 1 is 1.41 bits per heavy atom. The van der Waals surface area contributed by atoms with Crippen molar-refractivity contribution in [2.45, 2.75) is 45.1 Å². The molecule has 1 aliphatic rings. The van der Waals surface area contributed by atoms with Gasteiger partial charge >= 0.3 is 0 Å². The highest BCUT2D eigenvalue weighted by molar-refractivity contribution is 5.46. The van der Waals surface area contributed by atoms with Crippen molar-refractivity contribution in [3.63, 3.8) is 0 Å². The highest BCUT2D eigenvalue weighted by Crippen LogP contribution is 2.35. The lowest BCUT2D eigenvalue weighted by atomic mass is 10.1. The third-order valence-electron chi connectivity index (χ3n) is 3.53. The molecule has 0 aliphatic heterocycles. The molecule has 0 heterocycles. The molecule has 17 heavy (non-hydrogen) atoms. The lowest BCUT2D eigenvalue weighted by Gasteiger charge is -2.18. The average Bonchev–Trinajstić information content (AvgIpc) is 3.18. The van der Waals surface area contributed by atoms with Crippen molar-refractivity contribution < 1.29 is 5.11 Å². The summed E-state index contributed by atoms with van der Waals surface area (Å²) in [6.07, 6.45) is 5.78. The fourth-order valence-corrected chi connectivity index (χ4v) is 2.37. The lowest BCUT2D eigenvalue weighted by Crippen LogP contribution is -2.20. The zero-order chi connectivity index (χ0) is 12.1. The number of anilines is 1. The highest BCUT2D eigenvalue weighted by Gasteiger charge is 2.29. The Morgan fingerprint density at radius 3 is 2.88 bits per heavy atom. The minimum atomic E-state index is 0.275. The van der Waals surface area contributed by atoms with E-state index in [0.717, 1.165) is 18.8 Å². The second-order valence-electron chi connectivity index (χ2n) is 5.02. The van der Waals surface area contributed by atoms with Gasteiger partial charge in [-0.2, -0.15) is 0 Å². The van der Waals surface area contributed by atoms with E-state index in [4.69, 9.17) is 5.11 Å². The molecule has 0 spiro atoms. The van der Waals surface area contributed by atoms with Crippen molar-refractivity contribution in [2.24, 2.45) is 5.92 Å². The second-order valence-corrected chi connectivity index (χ2v) is 5.02. The van der Waals surface area contributed by atoms with Gasteiger partial charge in [-0.05, 0) is 55.7 Å². The van der Waals surface area contributed by atoms with Crippen LogP contribution in [-0.4, -0.2) is 17.8 Å². The topological polar surface area (TPSA) is 32.3 Å². The Labute approximate surface area is 104 Å². The smallest absolute Gasteiger partial charge is 0.0434 e. The first-order valence-electron chi connectivity index (χ1n) is 6.80. The predicted octanol–water partition coefficient (Wildman–Crippen LogP) is 3.21. The maximum absolute atomic E-state index is 8.85. The van der Waals surface area contributed by atoms with Gasteiger partial charge in [0.05, 0.1) is 0 Å². The monoisotopic (exact) mass is 233 g/mol. The Kier molecular flexibility index (Phi) is 4.43. The van der Waals surface area contributed by atoms with Crippen LogP contribution in [0.3, 0.4) is 0 Å². The molecule has 1 saturated carbocycles. The van der Waals surface area contributed by atoms with E-state index in [9.17, 15) is 0 Å². The van der Waals surface area contributed by atoms with E-state index in [2.05, 4.69) is 36.5 Å². The maximum atomic E-state index is 8.85. The summed E-state index contributed by atoms with van der Waals surface area (Å²) in [4.78, 5) is 0. The molecule has 1 aromatic carbocycles. The molecule has 0 aromatic heterocycles. The SMILES string of the molecule is CCC(Nc1cccc(CCCO)c1)C1CC1. The first-order valence-corrected chi connectivity index (χ1v) is 6.80. The van der Waals surface area contributed by atoms with Gasteiger partial charge in [-0.3, -0.25) is 0 Å². The third-order valence-corrected chi connectivity index (χ3v) is 3.53. The van der Waals surface area contributed by atoms with Crippen LogP contribution >= 0.6 is 0 Å². The Morgan fingerprint density at radius 2 is 2.24 bits per heavy atom. The standard InChI is InChI=1S/C15H23NO/c1-2-15(13-8-9-13)16-14-7-3-5-12(11-14)6-4-10-17/h3,5,7,11,13,15-17H,2,4,6,8-10H2,1H3. The van der Waals surface area contributed by atoms with E-state index >= 15 is 0 Å². The van der Waals surface area contributed by atoms with E-state index in [1.807, 2.05) is 0 Å². The lowest BCUT2D eigenvalue weighted by molar-refractivity contribution is 0.288. The van der Waals surface area contributed by atoms with E-state index in [0.29, 0.717) is 6.04 Å². The fourth-order valence-electron chi connectivity index (χ4n) is 2.37. The van der Waals surface area contributed by atoms with Crippen LogP contribution < -0.4 is 5.32 Å². The number of nitrogens with one attached hydrogen (secondary N) is 1. The molecule has 0 bridgehead atoms. The fraction of sp³-hybridized carbons (Fsp3) is 0.600. The summed E-state index contributed by atoms with van der Waals surface area (Å²) >= 11 is 0. The summed E-state index contributed by atoms with van der Waals surface area (Å²) in [5.41, 5.74) is 2.55. The number of benzene rings is 1. The predicted molar refractivity (Wildman–Crippen MR) is 72.3 cm³/mol. The molecule has 1 aromatic rings. The van der Waals surface area contributed by atoms with E-state index in [-0.39, 0.29) is 6.61 Å². The van der Waals surface area contributed by atoms with E-state index < -0.39 is 0 Å². The van der Waals surface area contributed by atoms with Gasteiger partial charge in [-0.25, -0.2) is 0 Å². The van der Waals surface area contributed by atoms with Crippen molar-refractivity contribution in [3.8, 4) is 0 Å². The molecular formula is C15H23NO. The maximum Gasteiger partial charge on any atom is 0.0434 e. The van der Waals surface area contributed by atoms with Crippen molar-refractivity contribution in [1.82, 2.24) is 0 Å². The number of rotatable bonds is 7. The van der Waals surface area contributed by atoms with E-state index in [1.165, 1.54) is 30.5 Å². The summed E-state index contributed by atoms with van der Waals surface area (Å²) in [5.74, 6) is 0.890. The molecule has 2 rings (SSSR count). The highest BCUT2D eigenvalue weighted by atomic mass is 16.2. The van der Waals surface area contributed by atoms with Crippen LogP contribution in [0.2, 0.25) is 0 Å². The van der Waals surface area contributed by atoms with Gasteiger partial charge in [0.2, 0.25) is 0 Å². The number of aliphatic hydroxyl groups excluding tert-OH is 1. The summed E-state index contributed by atoms with van der Waals surface area (Å²) in [5, 5.41) is 12.5. The van der Waals surface area contributed by atoms with Gasteiger partial charge in [0.25, 0.3) is 0 Å². The summed E-state index contributed by atoms with van der Waals surface area (Å²) in [7, 11) is 0. The van der Waals surface area contributed by atoms with Crippen LogP contribution in [-0.2, 0) is 6.42 Å². The quantitative estimate of drug-likeness (QED) is 0.758. The van der Waals surface area contributed by atoms with Gasteiger partial charge in [-0.15, -0.1) is 0 Å². The largest absolute Gasteiger partial charge is 0.396 e. The van der Waals surface area contributed by atoms with E-state index in [1.54, 1.807) is 0 Å². The van der Waals surface area contributed by atoms with Gasteiger partial charge < -0.3 is 10.4 Å². The zero-order valence-electron chi connectivity index (χ0n) is 10.7. The molecule has 2 heteroatoms. The van der Waals surface area contributed by atoms with Crippen LogP contribution in [0.5, 0.6) is 0 Å². The molecular weight excluding hydrogens is 210 g/mol.